The molecule has 11 atom stereocenters. The zero-order chi connectivity index (χ0) is 52.1. The monoisotopic (exact) mass is 1020 g/mol. The molecule has 9 rings (SSSR count). The van der Waals surface area contributed by atoms with Gasteiger partial charge in [0.05, 0.1) is 64.5 Å². The Bertz CT molecular complexity index is 2750. The summed E-state index contributed by atoms with van der Waals surface area (Å²) in [6, 6.07) is 49.7. The van der Waals surface area contributed by atoms with Crippen molar-refractivity contribution in [3.8, 4) is 0 Å². The van der Waals surface area contributed by atoms with Crippen molar-refractivity contribution >= 4 is 11.9 Å². The number of fused-ring (bicyclic) bond motifs is 1. The van der Waals surface area contributed by atoms with Gasteiger partial charge < -0.3 is 61.9 Å². The van der Waals surface area contributed by atoms with Crippen LogP contribution >= 0.6 is 0 Å². The average molecular weight is 1030 g/mol. The first-order valence-corrected chi connectivity index (χ1v) is 25.1. The third kappa shape index (κ3) is 13.6. The Labute approximate surface area is 437 Å². The summed E-state index contributed by atoms with van der Waals surface area (Å²) in [6.07, 6.45) is -9.89. The highest BCUT2D eigenvalue weighted by Gasteiger charge is 2.56. The van der Waals surface area contributed by atoms with Gasteiger partial charge in [-0.25, -0.2) is 9.59 Å². The number of aromatic carboxylic acids is 1. The normalized spacial score (nSPS) is 25.5. The number of aryl methyl sites for hydroxylation is 2. The van der Waals surface area contributed by atoms with Crippen molar-refractivity contribution in [3.63, 3.8) is 0 Å². The number of methoxy groups -OCH3 is 2. The number of hydrogen-bond donors (Lipinski definition) is 1. The maximum Gasteiger partial charge on any atom is 0.338 e. The molecule has 0 saturated carbocycles. The lowest BCUT2D eigenvalue weighted by molar-refractivity contribution is -0.397. The van der Waals surface area contributed by atoms with Crippen LogP contribution in [0, 0.1) is 13.8 Å². The number of hydrogen-bond acceptors (Lipinski definition) is 14. The second-order valence-corrected chi connectivity index (χ2v) is 18.8. The topological polar surface area (TPSA) is 165 Å². The molecule has 6 aromatic rings. The van der Waals surface area contributed by atoms with Gasteiger partial charge in [0.25, 0.3) is 0 Å². The third-order valence-corrected chi connectivity index (χ3v) is 13.6. The Kier molecular flexibility index (Phi) is 18.6. The number of benzene rings is 6. The molecule has 3 fully saturated rings. The van der Waals surface area contributed by atoms with Crippen molar-refractivity contribution in [2.75, 3.05) is 27.4 Å². The van der Waals surface area contributed by atoms with E-state index in [1.165, 1.54) is 7.11 Å². The number of carboxylic acids is 1. The van der Waals surface area contributed by atoms with Gasteiger partial charge in [-0.1, -0.05) is 146 Å². The van der Waals surface area contributed by atoms with Crippen LogP contribution in [0.1, 0.15) is 71.5 Å². The van der Waals surface area contributed by atoms with Gasteiger partial charge in [0, 0.05) is 12.7 Å². The minimum atomic E-state index is -1.19. The number of carbonyl (C=O) groups is 2. The summed E-state index contributed by atoms with van der Waals surface area (Å²) in [6.45, 7) is 4.30. The molecule has 15 heteroatoms. The molecule has 0 unspecified atom stereocenters. The molecule has 0 aromatic heterocycles. The summed E-state index contributed by atoms with van der Waals surface area (Å²) in [4.78, 5) is 25.0. The molecule has 3 saturated heterocycles. The van der Waals surface area contributed by atoms with E-state index in [1.54, 1.807) is 32.2 Å². The molecule has 1 N–H and O–H groups in total. The van der Waals surface area contributed by atoms with Crippen LogP contribution in [0.25, 0.3) is 0 Å². The first kappa shape index (κ1) is 53.6. The molecule has 3 heterocycles. The van der Waals surface area contributed by atoms with Gasteiger partial charge in [0.15, 0.2) is 18.9 Å². The first-order valence-electron chi connectivity index (χ1n) is 25.1. The van der Waals surface area contributed by atoms with Crippen LogP contribution < -0.4 is 0 Å². The Morgan fingerprint density at radius 2 is 1.04 bits per heavy atom. The van der Waals surface area contributed by atoms with Gasteiger partial charge in [-0.2, -0.15) is 0 Å². The van der Waals surface area contributed by atoms with Crippen LogP contribution in [-0.4, -0.2) is 106 Å². The van der Waals surface area contributed by atoms with E-state index < -0.39 is 79.6 Å². The molecular formula is C60H64O15. The SMILES string of the molecule is COC(=O)c1cc(COC[C@H]2O[C@H](OC)[C@H](OCc3ccccc3)[C@@H](OCc3ccccc3)[C@@H]2O[C@@H]2O[C@@H]3CO[C@@H](c4ccccc4)O[C@H]3[C@H](OCc3ccc(C)c(C(=O)O)c3)[C@H]2OCc2ccccc2)ccc1C. The van der Waals surface area contributed by atoms with Crippen LogP contribution in [0.2, 0.25) is 0 Å². The van der Waals surface area contributed by atoms with E-state index in [9.17, 15) is 14.7 Å². The molecule has 0 radical (unpaired) electrons. The summed E-state index contributed by atoms with van der Waals surface area (Å²) < 4.78 is 79.7. The Balaban J connectivity index is 1.10. The fourth-order valence-corrected chi connectivity index (χ4v) is 9.55. The van der Waals surface area contributed by atoms with Crippen LogP contribution in [-0.2, 0) is 89.9 Å². The highest BCUT2D eigenvalue weighted by atomic mass is 16.8. The van der Waals surface area contributed by atoms with Crippen molar-refractivity contribution in [2.45, 2.75) is 115 Å². The van der Waals surface area contributed by atoms with Gasteiger partial charge in [0.1, 0.15) is 48.8 Å². The van der Waals surface area contributed by atoms with Crippen molar-refractivity contribution in [3.05, 3.63) is 213 Å². The minimum Gasteiger partial charge on any atom is -0.478 e. The van der Waals surface area contributed by atoms with E-state index in [-0.39, 0.29) is 51.8 Å². The van der Waals surface area contributed by atoms with E-state index >= 15 is 0 Å². The third-order valence-electron chi connectivity index (χ3n) is 13.6. The fraction of sp³-hybridized carbons (Fsp3) is 0.367. The van der Waals surface area contributed by atoms with Crippen molar-refractivity contribution in [1.82, 2.24) is 0 Å². The van der Waals surface area contributed by atoms with Crippen LogP contribution in [0.4, 0.5) is 0 Å². The summed E-state index contributed by atoms with van der Waals surface area (Å²) in [5.41, 5.74) is 6.90. The van der Waals surface area contributed by atoms with Gasteiger partial charge in [-0.15, -0.1) is 0 Å². The predicted octanol–water partition coefficient (Wildman–Crippen LogP) is 9.24. The maximum atomic E-state index is 12.7. The minimum absolute atomic E-state index is 0.0000226. The molecule has 15 nitrogen and oxygen atoms in total. The largest absolute Gasteiger partial charge is 0.478 e. The van der Waals surface area contributed by atoms with Crippen LogP contribution in [0.5, 0.6) is 0 Å². The molecule has 0 aliphatic carbocycles. The highest BCUT2D eigenvalue weighted by molar-refractivity contribution is 5.91. The van der Waals surface area contributed by atoms with Gasteiger partial charge >= 0.3 is 11.9 Å². The first-order chi connectivity index (χ1) is 36.6. The molecule has 0 spiro atoms. The summed E-state index contributed by atoms with van der Waals surface area (Å²) in [7, 11) is 2.90. The van der Waals surface area contributed by atoms with Crippen molar-refractivity contribution in [2.24, 2.45) is 0 Å². The van der Waals surface area contributed by atoms with E-state index in [0.717, 1.165) is 33.4 Å². The van der Waals surface area contributed by atoms with Gasteiger partial charge in [-0.3, -0.25) is 0 Å². The quantitative estimate of drug-likeness (QED) is 0.0640. The second kappa shape index (κ2) is 26.0. The smallest absolute Gasteiger partial charge is 0.338 e. The number of ether oxygens (including phenoxy) is 12. The lowest BCUT2D eigenvalue weighted by atomic mass is 9.95. The van der Waals surface area contributed by atoms with Gasteiger partial charge in [-0.05, 0) is 64.9 Å². The zero-order valence-electron chi connectivity index (χ0n) is 42.5. The van der Waals surface area contributed by atoms with E-state index in [0.29, 0.717) is 16.7 Å². The van der Waals surface area contributed by atoms with Gasteiger partial charge in [0.2, 0.25) is 0 Å². The summed E-state index contributed by atoms with van der Waals surface area (Å²) in [5.74, 6) is -1.49. The van der Waals surface area contributed by atoms with Crippen molar-refractivity contribution in [1.29, 1.82) is 0 Å². The molecule has 0 amide bonds. The van der Waals surface area contributed by atoms with Crippen LogP contribution in [0.3, 0.4) is 0 Å². The zero-order valence-corrected chi connectivity index (χ0v) is 42.5. The molecule has 75 heavy (non-hydrogen) atoms. The van der Waals surface area contributed by atoms with E-state index in [1.807, 2.05) is 146 Å². The molecule has 6 aromatic carbocycles. The number of esters is 1. The molecule has 394 valence electrons. The Hall–Kier alpha value is -6.18. The highest BCUT2D eigenvalue weighted by Crippen LogP contribution is 2.40. The predicted molar refractivity (Wildman–Crippen MR) is 273 cm³/mol. The van der Waals surface area contributed by atoms with Crippen molar-refractivity contribution < 1.29 is 71.5 Å². The lowest BCUT2D eigenvalue weighted by Gasteiger charge is -2.51. The number of carboxylic acid groups (broad SMARTS) is 1. The molecule has 0 bridgehead atoms. The summed E-state index contributed by atoms with van der Waals surface area (Å²) >= 11 is 0. The second-order valence-electron chi connectivity index (χ2n) is 18.8. The summed E-state index contributed by atoms with van der Waals surface area (Å²) in [5, 5.41) is 10.1. The van der Waals surface area contributed by atoms with Crippen LogP contribution in [0.15, 0.2) is 158 Å². The fourth-order valence-electron chi connectivity index (χ4n) is 9.55. The Morgan fingerprint density at radius 3 is 1.61 bits per heavy atom. The standard InChI is InChI=1S/C60H64O15/c1-38-25-28-44(29-46(38)56(61)62)35-68-53-51-49(37-71-58(74-51)45-23-15-8-16-24-45)73-60(55(53)70-34-42-21-13-7-14-22-42)75-50-48(36-66-31-43-27-26-39(2)47(30-43)57(63)64-3)72-59(65-4)54(69-33-41-19-11-6-12-20-41)52(50)67-32-40-17-9-5-10-18-40/h5-30,48-55,58-60H,31-37H2,1-4H3,(H,61,62)/t48-,49-,50-,51-,52+,53+,54-,55-,58-,59+,60+/m1/s1. The molecule has 3 aliphatic rings. The van der Waals surface area contributed by atoms with E-state index in [2.05, 4.69) is 0 Å². The molecule has 3 aliphatic heterocycles. The Morgan fingerprint density at radius 1 is 0.533 bits per heavy atom. The molecular weight excluding hydrogens is 961 g/mol. The van der Waals surface area contributed by atoms with E-state index in [4.69, 9.17) is 56.8 Å². The number of rotatable bonds is 22. The average Bonchev–Trinajstić information content (AvgIpc) is 3.45. The number of carbonyl (C=O) groups excluding carboxylic acids is 1. The lowest BCUT2D eigenvalue weighted by Crippen LogP contribution is -2.67. The maximum absolute atomic E-state index is 12.7.